The van der Waals surface area contributed by atoms with Crippen LogP contribution >= 0.6 is 0 Å². The van der Waals surface area contributed by atoms with E-state index >= 15 is 0 Å². The Morgan fingerprint density at radius 1 is 1.28 bits per heavy atom. The third kappa shape index (κ3) is 4.94. The van der Waals surface area contributed by atoms with E-state index in [1.54, 1.807) is 18.2 Å². The number of carbonyl (C=O) groups excluding carboxylic acids is 2. The number of anilines is 1. The van der Waals surface area contributed by atoms with Gasteiger partial charge in [0.05, 0.1) is 5.69 Å². The van der Waals surface area contributed by atoms with E-state index in [-0.39, 0.29) is 23.4 Å². The summed E-state index contributed by atoms with van der Waals surface area (Å²) in [5.41, 5.74) is -0.844. The summed E-state index contributed by atoms with van der Waals surface area (Å²) in [5, 5.41) is 3.59. The van der Waals surface area contributed by atoms with Crippen LogP contribution in [0.4, 0.5) is 23.2 Å². The van der Waals surface area contributed by atoms with Gasteiger partial charge in [0.2, 0.25) is 18.6 Å². The van der Waals surface area contributed by atoms with Gasteiger partial charge in [-0.05, 0) is 29.4 Å². The van der Waals surface area contributed by atoms with E-state index in [9.17, 15) is 27.2 Å². The molecule has 0 saturated carbocycles. The summed E-state index contributed by atoms with van der Waals surface area (Å²) in [5.74, 6) is -3.64. The van der Waals surface area contributed by atoms with Crippen LogP contribution in [0.3, 0.4) is 0 Å². The number of hydrogen-bond acceptors (Lipinski definition) is 4. The molecule has 0 aliphatic carbocycles. The second-order valence-electron chi connectivity index (χ2n) is 8.45. The Bertz CT molecular complexity index is 802. The fraction of sp³-hybridized carbons (Fsp3) is 0.550. The number of halogens is 4. The van der Waals surface area contributed by atoms with E-state index in [1.807, 2.05) is 27.7 Å². The quantitative estimate of drug-likeness (QED) is 0.405. The zero-order chi connectivity index (χ0) is 22.1. The van der Waals surface area contributed by atoms with Crippen molar-refractivity contribution in [2.24, 2.45) is 16.4 Å². The molecule has 0 radical (unpaired) electrons. The van der Waals surface area contributed by atoms with Gasteiger partial charge in [0.15, 0.2) is 5.71 Å². The SMILES string of the molecule is CC(CC(C)(C)C)c1ccccc1N(C=O)C(=O)C1C(C(F)(F)F)=NN(C)C1F. The van der Waals surface area contributed by atoms with Gasteiger partial charge in [-0.15, -0.1) is 0 Å². The smallest absolute Gasteiger partial charge is 0.278 e. The molecule has 5 nitrogen and oxygen atoms in total. The summed E-state index contributed by atoms with van der Waals surface area (Å²) in [6, 6.07) is 6.47. The lowest BCUT2D eigenvalue weighted by Crippen LogP contribution is -2.46. The first-order valence-electron chi connectivity index (χ1n) is 9.18. The van der Waals surface area contributed by atoms with Crippen molar-refractivity contribution in [2.45, 2.75) is 52.5 Å². The Morgan fingerprint density at radius 2 is 1.86 bits per heavy atom. The van der Waals surface area contributed by atoms with Crippen molar-refractivity contribution >= 4 is 23.7 Å². The minimum atomic E-state index is -5.00. The number of carbonyl (C=O) groups is 2. The third-order valence-electron chi connectivity index (χ3n) is 4.74. The van der Waals surface area contributed by atoms with Crippen LogP contribution in [0.2, 0.25) is 0 Å². The topological polar surface area (TPSA) is 53.0 Å². The van der Waals surface area contributed by atoms with Crippen molar-refractivity contribution in [3.63, 3.8) is 0 Å². The molecular weight excluding hydrogens is 390 g/mol. The van der Waals surface area contributed by atoms with E-state index in [4.69, 9.17) is 0 Å². The van der Waals surface area contributed by atoms with Crippen LogP contribution < -0.4 is 4.90 Å². The summed E-state index contributed by atoms with van der Waals surface area (Å²) >= 11 is 0. The Balaban J connectivity index is 2.46. The van der Waals surface area contributed by atoms with Crippen LogP contribution in [0.5, 0.6) is 0 Å². The van der Waals surface area contributed by atoms with Gasteiger partial charge in [-0.3, -0.25) is 19.5 Å². The summed E-state index contributed by atoms with van der Waals surface area (Å²) in [7, 11) is 1.01. The number of nitrogens with zero attached hydrogens (tertiary/aromatic N) is 3. The number of benzene rings is 1. The Labute approximate surface area is 167 Å². The Morgan fingerprint density at radius 3 is 2.38 bits per heavy atom. The average molecular weight is 415 g/mol. The average Bonchev–Trinajstić information content (AvgIpc) is 2.90. The molecule has 2 amide bonds. The maximum Gasteiger partial charge on any atom is 0.432 e. The molecule has 9 heteroatoms. The first kappa shape index (κ1) is 22.8. The van der Waals surface area contributed by atoms with Crippen molar-refractivity contribution in [3.05, 3.63) is 29.8 Å². The molecule has 1 heterocycles. The number of amides is 2. The number of rotatable bonds is 5. The number of imide groups is 1. The highest BCUT2D eigenvalue weighted by atomic mass is 19.4. The van der Waals surface area contributed by atoms with E-state index in [2.05, 4.69) is 5.10 Å². The monoisotopic (exact) mass is 415 g/mol. The molecule has 1 aromatic rings. The molecular formula is C20H25F4N3O2. The molecule has 29 heavy (non-hydrogen) atoms. The van der Waals surface area contributed by atoms with Gasteiger partial charge < -0.3 is 0 Å². The first-order chi connectivity index (χ1) is 13.3. The minimum Gasteiger partial charge on any atom is -0.278 e. The minimum absolute atomic E-state index is 0.0587. The lowest BCUT2D eigenvalue weighted by Gasteiger charge is -2.28. The van der Waals surface area contributed by atoms with Gasteiger partial charge in [0.1, 0.15) is 5.92 Å². The first-order valence-corrected chi connectivity index (χ1v) is 9.18. The molecule has 160 valence electrons. The van der Waals surface area contributed by atoms with Crippen molar-refractivity contribution in [3.8, 4) is 0 Å². The molecule has 0 N–H and O–H groups in total. The van der Waals surface area contributed by atoms with E-state index in [0.717, 1.165) is 7.05 Å². The summed E-state index contributed by atoms with van der Waals surface area (Å²) < 4.78 is 54.3. The lowest BCUT2D eigenvalue weighted by molar-refractivity contribution is -0.127. The summed E-state index contributed by atoms with van der Waals surface area (Å²) in [6.07, 6.45) is -6.48. The normalized spacial score (nSPS) is 21.0. The van der Waals surface area contributed by atoms with Gasteiger partial charge >= 0.3 is 6.18 Å². The van der Waals surface area contributed by atoms with E-state index in [1.165, 1.54) is 6.07 Å². The van der Waals surface area contributed by atoms with Gasteiger partial charge in [0.25, 0.3) is 0 Å². The maximum atomic E-state index is 14.5. The van der Waals surface area contributed by atoms with Gasteiger partial charge in [-0.2, -0.15) is 18.3 Å². The number of alkyl halides is 4. The second-order valence-corrected chi connectivity index (χ2v) is 8.45. The lowest BCUT2D eigenvalue weighted by atomic mass is 9.82. The molecule has 1 aromatic carbocycles. The highest BCUT2D eigenvalue weighted by molar-refractivity contribution is 6.19. The van der Waals surface area contributed by atoms with Crippen molar-refractivity contribution < 1.29 is 27.2 Å². The summed E-state index contributed by atoms with van der Waals surface area (Å²) in [4.78, 5) is 25.2. The molecule has 2 rings (SSSR count). The van der Waals surface area contributed by atoms with Crippen LogP contribution in [0.15, 0.2) is 29.4 Å². The predicted octanol–water partition coefficient (Wildman–Crippen LogP) is 4.49. The van der Waals surface area contributed by atoms with Crippen molar-refractivity contribution in [1.29, 1.82) is 0 Å². The van der Waals surface area contributed by atoms with Crippen LogP contribution in [0.25, 0.3) is 0 Å². The molecule has 3 unspecified atom stereocenters. The molecule has 0 spiro atoms. The third-order valence-corrected chi connectivity index (χ3v) is 4.74. The molecule has 1 aliphatic heterocycles. The highest BCUT2D eigenvalue weighted by Crippen LogP contribution is 2.38. The maximum absolute atomic E-state index is 14.5. The highest BCUT2D eigenvalue weighted by Gasteiger charge is 2.54. The van der Waals surface area contributed by atoms with Crippen molar-refractivity contribution in [1.82, 2.24) is 5.01 Å². The summed E-state index contributed by atoms with van der Waals surface area (Å²) in [6.45, 7) is 8.00. The Hall–Kier alpha value is -2.45. The molecule has 0 aromatic heterocycles. The molecule has 0 fully saturated rings. The van der Waals surface area contributed by atoms with Gasteiger partial charge in [0, 0.05) is 7.05 Å². The second kappa shape index (κ2) is 8.12. The number of para-hydroxylation sites is 1. The zero-order valence-electron chi connectivity index (χ0n) is 17.0. The van der Waals surface area contributed by atoms with E-state index in [0.29, 0.717) is 21.9 Å². The Kier molecular flexibility index (Phi) is 6.39. The fourth-order valence-corrected chi connectivity index (χ4v) is 3.63. The zero-order valence-corrected chi connectivity index (χ0v) is 17.0. The molecule has 1 aliphatic rings. The van der Waals surface area contributed by atoms with E-state index < -0.39 is 30.0 Å². The largest absolute Gasteiger partial charge is 0.432 e. The number of hydrazone groups is 1. The van der Waals surface area contributed by atoms with Crippen molar-refractivity contribution in [2.75, 3.05) is 11.9 Å². The molecule has 3 atom stereocenters. The van der Waals surface area contributed by atoms with Crippen LogP contribution in [-0.2, 0) is 9.59 Å². The van der Waals surface area contributed by atoms with Crippen LogP contribution in [0.1, 0.15) is 45.6 Å². The van der Waals surface area contributed by atoms with Gasteiger partial charge in [-0.25, -0.2) is 4.39 Å². The number of hydrogen-bond donors (Lipinski definition) is 0. The van der Waals surface area contributed by atoms with Gasteiger partial charge in [-0.1, -0.05) is 45.9 Å². The molecule has 0 saturated heterocycles. The fourth-order valence-electron chi connectivity index (χ4n) is 3.63. The standard InChI is InChI=1S/C20H25F4N3O2/c1-12(10-19(2,3)4)13-8-6-7-9-14(13)27(11-28)18(29)15-16(20(22,23)24)25-26(5)17(15)21/h6-9,11-12,15,17H,10H2,1-5H3. The molecule has 0 bridgehead atoms. The van der Waals surface area contributed by atoms with Crippen LogP contribution in [0, 0.1) is 11.3 Å². The predicted molar refractivity (Wildman–Crippen MR) is 102 cm³/mol. The van der Waals surface area contributed by atoms with Crippen LogP contribution in [-0.4, -0.2) is 42.6 Å².